The van der Waals surface area contributed by atoms with Crippen LogP contribution < -0.4 is 19.5 Å². The molecule has 0 saturated heterocycles. The number of benzene rings is 2. The van der Waals surface area contributed by atoms with Crippen molar-refractivity contribution in [3.63, 3.8) is 0 Å². The maximum Gasteiger partial charge on any atom is 0.255 e. The molecule has 0 fully saturated rings. The standard InChI is InChI=1S/C18H17ClN2O5S/c1-4-9-20-27(23,24)13-7-5-12(6-8-13)18(22)21-15-11-16(25-2)14(19)10-17(15)26-3/h1,5-8,10-11,20H,9H2,2-3H3,(H,21,22). The van der Waals surface area contributed by atoms with E-state index in [-0.39, 0.29) is 17.0 Å². The van der Waals surface area contributed by atoms with Crippen molar-refractivity contribution in [3.05, 3.63) is 47.0 Å². The van der Waals surface area contributed by atoms with Gasteiger partial charge in [0, 0.05) is 17.7 Å². The molecule has 142 valence electrons. The summed E-state index contributed by atoms with van der Waals surface area (Å²) in [5.74, 6) is 2.45. The number of sulfonamides is 1. The number of rotatable bonds is 7. The van der Waals surface area contributed by atoms with E-state index in [2.05, 4.69) is 16.0 Å². The number of hydrogen-bond donors (Lipinski definition) is 2. The van der Waals surface area contributed by atoms with Crippen LogP contribution in [-0.4, -0.2) is 35.1 Å². The number of anilines is 1. The van der Waals surface area contributed by atoms with Crippen LogP contribution >= 0.6 is 11.6 Å². The normalized spacial score (nSPS) is 10.7. The lowest BCUT2D eigenvalue weighted by Crippen LogP contribution is -2.24. The lowest BCUT2D eigenvalue weighted by Gasteiger charge is -2.13. The summed E-state index contributed by atoms with van der Waals surface area (Å²) in [5.41, 5.74) is 0.609. The number of amides is 1. The highest BCUT2D eigenvalue weighted by Gasteiger charge is 2.16. The van der Waals surface area contributed by atoms with Crippen LogP contribution in [0.15, 0.2) is 41.3 Å². The van der Waals surface area contributed by atoms with E-state index in [0.717, 1.165) is 0 Å². The molecule has 0 saturated carbocycles. The molecule has 2 aromatic rings. The van der Waals surface area contributed by atoms with Gasteiger partial charge in [-0.05, 0) is 24.3 Å². The molecule has 0 heterocycles. The summed E-state index contributed by atoms with van der Waals surface area (Å²) in [7, 11) is -0.831. The van der Waals surface area contributed by atoms with Gasteiger partial charge in [0.2, 0.25) is 10.0 Å². The van der Waals surface area contributed by atoms with Crippen LogP contribution in [0.1, 0.15) is 10.4 Å². The number of nitrogens with one attached hydrogen (secondary N) is 2. The number of carbonyl (C=O) groups is 1. The second kappa shape index (κ2) is 8.77. The molecule has 0 radical (unpaired) electrons. The van der Waals surface area contributed by atoms with Gasteiger partial charge in [-0.2, -0.15) is 4.72 Å². The zero-order valence-corrected chi connectivity index (χ0v) is 16.1. The van der Waals surface area contributed by atoms with Crippen LogP contribution in [-0.2, 0) is 10.0 Å². The van der Waals surface area contributed by atoms with E-state index in [0.29, 0.717) is 22.2 Å². The molecule has 1 amide bonds. The quantitative estimate of drug-likeness (QED) is 0.686. The van der Waals surface area contributed by atoms with E-state index in [9.17, 15) is 13.2 Å². The second-order valence-corrected chi connectivity index (χ2v) is 7.37. The van der Waals surface area contributed by atoms with Crippen molar-refractivity contribution >= 4 is 33.2 Å². The molecule has 0 aromatic heterocycles. The summed E-state index contributed by atoms with van der Waals surface area (Å²) in [5, 5.41) is 3.01. The van der Waals surface area contributed by atoms with Crippen molar-refractivity contribution in [3.8, 4) is 23.8 Å². The molecule has 9 heteroatoms. The zero-order chi connectivity index (χ0) is 20.0. The SMILES string of the molecule is C#CCNS(=O)(=O)c1ccc(C(=O)Nc2cc(OC)c(Cl)cc2OC)cc1. The Morgan fingerprint density at radius 2 is 1.78 bits per heavy atom. The van der Waals surface area contributed by atoms with Gasteiger partial charge in [-0.25, -0.2) is 8.42 Å². The van der Waals surface area contributed by atoms with Crippen LogP contribution in [0.2, 0.25) is 5.02 Å². The molecule has 0 aliphatic carbocycles. The number of methoxy groups -OCH3 is 2. The topological polar surface area (TPSA) is 93.7 Å². The fraction of sp³-hybridized carbons (Fsp3) is 0.167. The van der Waals surface area contributed by atoms with Gasteiger partial charge in [-0.15, -0.1) is 6.42 Å². The molecule has 7 nitrogen and oxygen atoms in total. The second-order valence-electron chi connectivity index (χ2n) is 5.19. The van der Waals surface area contributed by atoms with Crippen LogP contribution in [0.25, 0.3) is 0 Å². The molecule has 27 heavy (non-hydrogen) atoms. The van der Waals surface area contributed by atoms with E-state index in [4.69, 9.17) is 27.5 Å². The highest BCUT2D eigenvalue weighted by atomic mass is 35.5. The lowest BCUT2D eigenvalue weighted by atomic mass is 10.2. The Balaban J connectivity index is 2.23. The zero-order valence-electron chi connectivity index (χ0n) is 14.6. The first-order chi connectivity index (χ1) is 12.8. The summed E-state index contributed by atoms with van der Waals surface area (Å²) in [6, 6.07) is 8.45. The van der Waals surface area contributed by atoms with E-state index in [1.165, 1.54) is 50.6 Å². The van der Waals surface area contributed by atoms with E-state index in [1.54, 1.807) is 0 Å². The average molecular weight is 409 g/mol. The van der Waals surface area contributed by atoms with Gasteiger partial charge in [-0.3, -0.25) is 4.79 Å². The number of halogens is 1. The number of ether oxygens (including phenoxy) is 2. The van der Waals surface area contributed by atoms with Crippen LogP contribution in [0.4, 0.5) is 5.69 Å². The Morgan fingerprint density at radius 1 is 1.15 bits per heavy atom. The fourth-order valence-electron chi connectivity index (χ4n) is 2.16. The molecule has 2 aromatic carbocycles. The summed E-state index contributed by atoms with van der Waals surface area (Å²) in [4.78, 5) is 12.5. The molecule has 2 rings (SSSR count). The third-order valence-electron chi connectivity index (χ3n) is 3.51. The van der Waals surface area contributed by atoms with Crippen molar-refractivity contribution in [2.24, 2.45) is 0 Å². The Hall–Kier alpha value is -2.73. The van der Waals surface area contributed by atoms with E-state index in [1.807, 2.05) is 0 Å². The van der Waals surface area contributed by atoms with Crippen molar-refractivity contribution < 1.29 is 22.7 Å². The third-order valence-corrected chi connectivity index (χ3v) is 5.23. The summed E-state index contributed by atoms with van der Waals surface area (Å²) < 4.78 is 36.6. The minimum absolute atomic E-state index is 0.0000396. The predicted molar refractivity (Wildman–Crippen MR) is 103 cm³/mol. The molecule has 0 unspecified atom stereocenters. The van der Waals surface area contributed by atoms with Gasteiger partial charge in [0.05, 0.1) is 36.4 Å². The molecular formula is C18H17ClN2O5S. The number of hydrogen-bond acceptors (Lipinski definition) is 5. The molecule has 0 aliphatic rings. The molecule has 2 N–H and O–H groups in total. The van der Waals surface area contributed by atoms with Crippen molar-refractivity contribution in [1.29, 1.82) is 0 Å². The van der Waals surface area contributed by atoms with Crippen LogP contribution in [0.3, 0.4) is 0 Å². The molecular weight excluding hydrogens is 392 g/mol. The Morgan fingerprint density at radius 3 is 2.33 bits per heavy atom. The molecule has 0 bridgehead atoms. The Labute approximate surface area is 162 Å². The maximum absolute atomic E-state index is 12.5. The monoisotopic (exact) mass is 408 g/mol. The van der Waals surface area contributed by atoms with Crippen molar-refractivity contribution in [1.82, 2.24) is 4.72 Å². The highest BCUT2D eigenvalue weighted by molar-refractivity contribution is 7.89. The first-order valence-electron chi connectivity index (χ1n) is 7.58. The Kier molecular flexibility index (Phi) is 6.69. The van der Waals surface area contributed by atoms with Gasteiger partial charge in [0.15, 0.2) is 0 Å². The van der Waals surface area contributed by atoms with Crippen LogP contribution in [0, 0.1) is 12.3 Å². The van der Waals surface area contributed by atoms with E-state index >= 15 is 0 Å². The summed E-state index contributed by atoms with van der Waals surface area (Å²) in [6.07, 6.45) is 5.05. The van der Waals surface area contributed by atoms with Crippen molar-refractivity contribution in [2.75, 3.05) is 26.1 Å². The third kappa shape index (κ3) is 4.92. The number of carbonyl (C=O) groups excluding carboxylic acids is 1. The van der Waals surface area contributed by atoms with Gasteiger partial charge in [-0.1, -0.05) is 17.5 Å². The van der Waals surface area contributed by atoms with Gasteiger partial charge in [0.25, 0.3) is 5.91 Å². The smallest absolute Gasteiger partial charge is 0.255 e. The minimum atomic E-state index is -3.72. The van der Waals surface area contributed by atoms with Crippen LogP contribution in [0.5, 0.6) is 11.5 Å². The largest absolute Gasteiger partial charge is 0.495 e. The summed E-state index contributed by atoms with van der Waals surface area (Å²) >= 11 is 6.04. The minimum Gasteiger partial charge on any atom is -0.495 e. The highest BCUT2D eigenvalue weighted by Crippen LogP contribution is 2.36. The predicted octanol–water partition coefficient (Wildman–Crippen LogP) is 2.52. The first kappa shape index (κ1) is 20.6. The molecule has 0 aliphatic heterocycles. The van der Waals surface area contributed by atoms with Gasteiger partial charge < -0.3 is 14.8 Å². The fourth-order valence-corrected chi connectivity index (χ4v) is 3.32. The van der Waals surface area contributed by atoms with E-state index < -0.39 is 15.9 Å². The molecule has 0 atom stereocenters. The van der Waals surface area contributed by atoms with Gasteiger partial charge in [0.1, 0.15) is 11.5 Å². The summed E-state index contributed by atoms with van der Waals surface area (Å²) in [6.45, 7) is -0.122. The maximum atomic E-state index is 12.5. The number of terminal acetylenes is 1. The average Bonchev–Trinajstić information content (AvgIpc) is 2.67. The van der Waals surface area contributed by atoms with Gasteiger partial charge >= 0.3 is 0 Å². The molecule has 0 spiro atoms. The Bertz CT molecular complexity index is 982. The lowest BCUT2D eigenvalue weighted by molar-refractivity contribution is 0.102. The van der Waals surface area contributed by atoms with Crippen molar-refractivity contribution in [2.45, 2.75) is 4.90 Å². The first-order valence-corrected chi connectivity index (χ1v) is 9.44.